The molecule has 186 valence electrons. The fourth-order valence-electron chi connectivity index (χ4n) is 4.83. The Morgan fingerprint density at radius 3 is 2.53 bits per heavy atom. The van der Waals surface area contributed by atoms with Gasteiger partial charge in [-0.3, -0.25) is 4.79 Å². The number of hydrogen-bond donors (Lipinski definition) is 1. The van der Waals surface area contributed by atoms with E-state index in [1.54, 1.807) is 7.11 Å². The van der Waals surface area contributed by atoms with E-state index in [-0.39, 0.29) is 17.2 Å². The first kappa shape index (κ1) is 25.9. The fraction of sp³-hybridized carbons (Fsp3) is 0.571. The van der Waals surface area contributed by atoms with E-state index in [0.29, 0.717) is 42.3 Å². The number of ether oxygens (including phenoxy) is 3. The van der Waals surface area contributed by atoms with Gasteiger partial charge in [-0.1, -0.05) is 46.6 Å². The van der Waals surface area contributed by atoms with E-state index >= 15 is 0 Å². The van der Waals surface area contributed by atoms with Crippen molar-refractivity contribution in [2.75, 3.05) is 20.3 Å². The quantitative estimate of drug-likeness (QED) is 0.344. The number of unbranched alkanes of at least 4 members (excludes halogenated alkanes) is 2. The third-order valence-corrected chi connectivity index (χ3v) is 6.42. The Labute approximate surface area is 203 Å². The molecule has 0 spiro atoms. The van der Waals surface area contributed by atoms with Gasteiger partial charge in [-0.05, 0) is 49.3 Å². The van der Waals surface area contributed by atoms with Crippen LogP contribution in [0, 0.1) is 5.41 Å². The minimum absolute atomic E-state index is 0.0674. The number of dihydropyridines is 1. The molecule has 34 heavy (non-hydrogen) atoms. The Balaban J connectivity index is 2.06. The lowest BCUT2D eigenvalue weighted by Gasteiger charge is -2.39. The molecule has 0 saturated carbocycles. The zero-order chi connectivity index (χ0) is 24.9. The van der Waals surface area contributed by atoms with Gasteiger partial charge in [0.05, 0.1) is 25.9 Å². The zero-order valence-electron chi connectivity index (χ0n) is 21.5. The van der Waals surface area contributed by atoms with Gasteiger partial charge >= 0.3 is 5.97 Å². The van der Waals surface area contributed by atoms with E-state index in [0.717, 1.165) is 49.1 Å². The zero-order valence-corrected chi connectivity index (χ0v) is 21.5. The second kappa shape index (κ2) is 11.1. The van der Waals surface area contributed by atoms with Crippen LogP contribution >= 0.6 is 0 Å². The van der Waals surface area contributed by atoms with Gasteiger partial charge in [0, 0.05) is 29.3 Å². The highest BCUT2D eigenvalue weighted by atomic mass is 16.5. The Kier molecular flexibility index (Phi) is 8.45. The second-order valence-electron chi connectivity index (χ2n) is 10.0. The molecule has 0 radical (unpaired) electrons. The van der Waals surface area contributed by atoms with Gasteiger partial charge in [-0.15, -0.1) is 0 Å². The largest absolute Gasteiger partial charge is 0.493 e. The summed E-state index contributed by atoms with van der Waals surface area (Å²) in [6, 6.07) is 5.68. The van der Waals surface area contributed by atoms with E-state index < -0.39 is 5.92 Å². The number of Topliss-reactive ketones (excluding diaryl/α,β-unsaturated/α-hetero) is 1. The summed E-state index contributed by atoms with van der Waals surface area (Å²) in [7, 11) is 1.60. The highest BCUT2D eigenvalue weighted by Crippen LogP contribution is 2.47. The second-order valence-corrected chi connectivity index (χ2v) is 10.0. The van der Waals surface area contributed by atoms with E-state index in [1.165, 1.54) is 0 Å². The predicted octanol–water partition coefficient (Wildman–Crippen LogP) is 5.82. The maximum Gasteiger partial charge on any atom is 0.336 e. The first-order chi connectivity index (χ1) is 16.2. The van der Waals surface area contributed by atoms with Gasteiger partial charge < -0.3 is 19.5 Å². The van der Waals surface area contributed by atoms with Crippen LogP contribution in [0.5, 0.6) is 11.5 Å². The molecule has 0 fully saturated rings. The molecule has 6 nitrogen and oxygen atoms in total. The summed E-state index contributed by atoms with van der Waals surface area (Å²) in [6.07, 6.45) is 4.95. The molecule has 0 aromatic heterocycles. The molecule has 1 aliphatic carbocycles. The maximum atomic E-state index is 13.4. The summed E-state index contributed by atoms with van der Waals surface area (Å²) < 4.78 is 17.1. The lowest BCUT2D eigenvalue weighted by molar-refractivity contribution is -0.139. The van der Waals surface area contributed by atoms with Crippen LogP contribution in [-0.2, 0) is 14.3 Å². The van der Waals surface area contributed by atoms with Crippen molar-refractivity contribution < 1.29 is 23.8 Å². The molecule has 1 aliphatic heterocycles. The molecule has 2 aliphatic rings. The fourth-order valence-corrected chi connectivity index (χ4v) is 4.83. The summed E-state index contributed by atoms with van der Waals surface area (Å²) in [5.74, 6) is 0.422. The maximum absolute atomic E-state index is 13.4. The number of esters is 1. The van der Waals surface area contributed by atoms with Crippen molar-refractivity contribution in [1.82, 2.24) is 5.32 Å². The summed E-state index contributed by atoms with van der Waals surface area (Å²) >= 11 is 0. The molecule has 0 unspecified atom stereocenters. The molecule has 3 rings (SSSR count). The van der Waals surface area contributed by atoms with E-state index in [2.05, 4.69) is 26.1 Å². The van der Waals surface area contributed by atoms with E-state index in [4.69, 9.17) is 14.2 Å². The van der Waals surface area contributed by atoms with Crippen LogP contribution in [-0.4, -0.2) is 32.1 Å². The Bertz CT molecular complexity index is 989. The normalized spacial score (nSPS) is 19.5. The van der Waals surface area contributed by atoms with Gasteiger partial charge in [0.15, 0.2) is 17.3 Å². The minimum atomic E-state index is -0.507. The molecule has 0 amide bonds. The Morgan fingerprint density at radius 1 is 1.09 bits per heavy atom. The third kappa shape index (κ3) is 5.65. The number of benzene rings is 1. The monoisotopic (exact) mass is 469 g/mol. The number of nitrogens with one attached hydrogen (secondary N) is 1. The van der Waals surface area contributed by atoms with Gasteiger partial charge in [0.2, 0.25) is 0 Å². The average Bonchev–Trinajstić information content (AvgIpc) is 2.78. The molecule has 1 heterocycles. The van der Waals surface area contributed by atoms with Crippen LogP contribution in [0.25, 0.3) is 0 Å². The molecule has 0 bridgehead atoms. The number of methoxy groups -OCH3 is 1. The van der Waals surface area contributed by atoms with Crippen molar-refractivity contribution in [2.24, 2.45) is 5.41 Å². The number of hydrogen-bond acceptors (Lipinski definition) is 6. The highest BCUT2D eigenvalue weighted by Gasteiger charge is 2.43. The highest BCUT2D eigenvalue weighted by molar-refractivity contribution is 6.04. The van der Waals surface area contributed by atoms with Crippen LogP contribution in [0.15, 0.2) is 40.7 Å². The summed E-state index contributed by atoms with van der Waals surface area (Å²) in [5.41, 5.74) is 3.48. The standard InChI is InChI=1S/C28H39NO5/c1-7-9-10-14-34-27(31)24-18(3)29-20-16-28(4,5)17-21(30)26(20)25(24)19-11-12-22(33-13-8-2)23(15-19)32-6/h11-12,15,25,29H,7-10,13-14,16-17H2,1-6H3/t25-/m0/s1. The number of ketones is 1. The molecule has 0 saturated heterocycles. The van der Waals surface area contributed by atoms with Crippen molar-refractivity contribution in [1.29, 1.82) is 0 Å². The SMILES string of the molecule is CCCCCOC(=O)C1=C(C)NC2=C(C(=O)CC(C)(C)C2)[C@H]1c1ccc(OCCC)c(OC)c1. The molecule has 1 aromatic rings. The first-order valence-corrected chi connectivity index (χ1v) is 12.4. The molecule has 1 aromatic carbocycles. The van der Waals surface area contributed by atoms with Crippen LogP contribution in [0.4, 0.5) is 0 Å². The van der Waals surface area contributed by atoms with Crippen LogP contribution < -0.4 is 14.8 Å². The molecule has 1 N–H and O–H groups in total. The molecular formula is C28H39NO5. The van der Waals surface area contributed by atoms with Gasteiger partial charge in [0.25, 0.3) is 0 Å². The molecular weight excluding hydrogens is 430 g/mol. The van der Waals surface area contributed by atoms with E-state index in [9.17, 15) is 9.59 Å². The predicted molar refractivity (Wildman–Crippen MR) is 133 cm³/mol. The Hall–Kier alpha value is -2.76. The van der Waals surface area contributed by atoms with Crippen molar-refractivity contribution >= 4 is 11.8 Å². The summed E-state index contributed by atoms with van der Waals surface area (Å²) in [6.45, 7) is 11.2. The van der Waals surface area contributed by atoms with Crippen molar-refractivity contribution in [3.8, 4) is 11.5 Å². The number of allylic oxidation sites excluding steroid dienone is 3. The van der Waals surface area contributed by atoms with Gasteiger partial charge in [-0.2, -0.15) is 0 Å². The molecule has 1 atom stereocenters. The first-order valence-electron chi connectivity index (χ1n) is 12.4. The number of carbonyl (C=O) groups is 2. The smallest absolute Gasteiger partial charge is 0.336 e. The topological polar surface area (TPSA) is 73.9 Å². The average molecular weight is 470 g/mol. The number of carbonyl (C=O) groups excluding carboxylic acids is 2. The van der Waals surface area contributed by atoms with Crippen LogP contribution in [0.3, 0.4) is 0 Å². The van der Waals surface area contributed by atoms with E-state index in [1.807, 2.05) is 32.0 Å². The van der Waals surface area contributed by atoms with Crippen LogP contribution in [0.1, 0.15) is 84.6 Å². The lowest BCUT2D eigenvalue weighted by atomic mass is 9.68. The van der Waals surface area contributed by atoms with Crippen molar-refractivity contribution in [3.63, 3.8) is 0 Å². The number of rotatable bonds is 10. The van der Waals surface area contributed by atoms with Gasteiger partial charge in [-0.25, -0.2) is 4.79 Å². The van der Waals surface area contributed by atoms with Crippen molar-refractivity contribution in [2.45, 2.75) is 79.1 Å². The third-order valence-electron chi connectivity index (χ3n) is 6.42. The summed E-state index contributed by atoms with van der Waals surface area (Å²) in [4.78, 5) is 26.8. The van der Waals surface area contributed by atoms with Crippen molar-refractivity contribution in [3.05, 3.63) is 46.3 Å². The van der Waals surface area contributed by atoms with Crippen LogP contribution in [0.2, 0.25) is 0 Å². The summed E-state index contributed by atoms with van der Waals surface area (Å²) in [5, 5.41) is 3.39. The lowest BCUT2D eigenvalue weighted by Crippen LogP contribution is -2.38. The minimum Gasteiger partial charge on any atom is -0.493 e. The molecule has 6 heteroatoms. The van der Waals surface area contributed by atoms with Gasteiger partial charge in [0.1, 0.15) is 0 Å². The Morgan fingerprint density at radius 2 is 1.85 bits per heavy atom.